The van der Waals surface area contributed by atoms with E-state index in [9.17, 15) is 0 Å². The molecule has 1 fully saturated rings. The predicted molar refractivity (Wildman–Crippen MR) is 97.0 cm³/mol. The first-order valence-corrected chi connectivity index (χ1v) is 9.23. The minimum atomic E-state index is 0.738. The molecule has 0 radical (unpaired) electrons. The molecule has 1 unspecified atom stereocenters. The van der Waals surface area contributed by atoms with Gasteiger partial charge in [0.2, 0.25) is 5.95 Å². The van der Waals surface area contributed by atoms with Crippen molar-refractivity contribution >= 4 is 11.8 Å². The number of anilines is 2. The van der Waals surface area contributed by atoms with Gasteiger partial charge in [-0.15, -0.1) is 0 Å². The van der Waals surface area contributed by atoms with Crippen LogP contribution < -0.4 is 10.2 Å². The monoisotopic (exact) mass is 314 g/mol. The molecule has 4 heteroatoms. The fourth-order valence-corrected chi connectivity index (χ4v) is 3.64. The Hall–Kier alpha value is -1.58. The minimum Gasteiger partial charge on any atom is -0.370 e. The Morgan fingerprint density at radius 1 is 1.26 bits per heavy atom. The molecule has 1 aromatic heterocycles. The van der Waals surface area contributed by atoms with Crippen molar-refractivity contribution < 1.29 is 0 Å². The molecule has 2 heterocycles. The highest BCUT2D eigenvalue weighted by Crippen LogP contribution is 2.22. The Labute approximate surface area is 140 Å². The second kappa shape index (κ2) is 7.80. The third kappa shape index (κ3) is 4.69. The van der Waals surface area contributed by atoms with Crippen LogP contribution in [-0.4, -0.2) is 29.6 Å². The van der Waals surface area contributed by atoms with Gasteiger partial charge in [0.25, 0.3) is 0 Å². The highest BCUT2D eigenvalue weighted by molar-refractivity contribution is 5.44. The van der Waals surface area contributed by atoms with Crippen LogP contribution in [0.15, 0.2) is 17.7 Å². The van der Waals surface area contributed by atoms with Crippen molar-refractivity contribution in [2.45, 2.75) is 58.8 Å². The van der Waals surface area contributed by atoms with Crippen LogP contribution in [0.5, 0.6) is 0 Å². The fourth-order valence-electron chi connectivity index (χ4n) is 3.64. The molecule has 3 rings (SSSR count). The van der Waals surface area contributed by atoms with Crippen molar-refractivity contribution in [1.82, 2.24) is 9.97 Å². The van der Waals surface area contributed by atoms with Gasteiger partial charge in [-0.3, -0.25) is 0 Å². The molecule has 1 saturated heterocycles. The molecule has 1 atom stereocenters. The molecule has 1 aliphatic heterocycles. The van der Waals surface area contributed by atoms with Gasteiger partial charge in [-0.2, -0.15) is 4.98 Å². The molecule has 1 N–H and O–H groups in total. The number of allylic oxidation sites excluding steroid dienone is 1. The normalized spacial score (nSPS) is 21.9. The third-order valence-electron chi connectivity index (χ3n) is 4.92. The van der Waals surface area contributed by atoms with Gasteiger partial charge < -0.3 is 10.2 Å². The summed E-state index contributed by atoms with van der Waals surface area (Å²) in [6.45, 7) is 7.51. The fraction of sp³-hybridized carbons (Fsp3) is 0.684. The highest BCUT2D eigenvalue weighted by atomic mass is 15.3. The van der Waals surface area contributed by atoms with Crippen LogP contribution in [0.1, 0.15) is 57.6 Å². The molecule has 1 aliphatic carbocycles. The zero-order valence-electron chi connectivity index (χ0n) is 14.6. The first kappa shape index (κ1) is 16.3. The number of piperidine rings is 1. The quantitative estimate of drug-likeness (QED) is 0.822. The molecule has 126 valence electrons. The summed E-state index contributed by atoms with van der Waals surface area (Å²) in [6, 6.07) is 2.06. The Kier molecular flexibility index (Phi) is 5.52. The number of aromatic nitrogens is 2. The SMILES string of the molecule is Cc1cc(NCCC2=CCCCC2)nc(N2CCCC(C)C2)n1. The van der Waals surface area contributed by atoms with Crippen molar-refractivity contribution in [2.24, 2.45) is 5.92 Å². The highest BCUT2D eigenvalue weighted by Gasteiger charge is 2.19. The van der Waals surface area contributed by atoms with E-state index in [0.29, 0.717) is 0 Å². The van der Waals surface area contributed by atoms with Gasteiger partial charge in [0.15, 0.2) is 0 Å². The standard InChI is InChI=1S/C19H30N4/c1-15-7-6-12-23(14-15)19-21-16(2)13-18(22-19)20-11-10-17-8-4-3-5-9-17/h8,13,15H,3-7,9-12,14H2,1-2H3,(H,20,21,22). The van der Waals surface area contributed by atoms with Crippen molar-refractivity contribution in [3.8, 4) is 0 Å². The lowest BCUT2D eigenvalue weighted by atomic mass is 9.97. The molecule has 2 aliphatic rings. The maximum atomic E-state index is 4.76. The maximum Gasteiger partial charge on any atom is 0.227 e. The number of hydrogen-bond donors (Lipinski definition) is 1. The predicted octanol–water partition coefficient (Wildman–Crippen LogP) is 4.32. The summed E-state index contributed by atoms with van der Waals surface area (Å²) in [5.41, 5.74) is 2.66. The summed E-state index contributed by atoms with van der Waals surface area (Å²) < 4.78 is 0. The molecule has 0 amide bonds. The Morgan fingerprint density at radius 3 is 2.96 bits per heavy atom. The van der Waals surface area contributed by atoms with Crippen LogP contribution in [0.2, 0.25) is 0 Å². The number of nitrogens with zero attached hydrogens (tertiary/aromatic N) is 3. The Bertz CT molecular complexity index is 552. The van der Waals surface area contributed by atoms with Crippen LogP contribution in [-0.2, 0) is 0 Å². The molecular weight excluding hydrogens is 284 g/mol. The lowest BCUT2D eigenvalue weighted by molar-refractivity contribution is 0.442. The topological polar surface area (TPSA) is 41.1 Å². The van der Waals surface area contributed by atoms with E-state index in [-0.39, 0.29) is 0 Å². The lowest BCUT2D eigenvalue weighted by Crippen LogP contribution is -2.35. The maximum absolute atomic E-state index is 4.76. The van der Waals surface area contributed by atoms with Gasteiger partial charge in [0.05, 0.1) is 0 Å². The van der Waals surface area contributed by atoms with Gasteiger partial charge in [-0.25, -0.2) is 4.98 Å². The summed E-state index contributed by atoms with van der Waals surface area (Å²) in [5, 5.41) is 3.50. The molecule has 23 heavy (non-hydrogen) atoms. The van der Waals surface area contributed by atoms with E-state index in [2.05, 4.69) is 41.2 Å². The van der Waals surface area contributed by atoms with E-state index < -0.39 is 0 Å². The second-order valence-corrected chi connectivity index (χ2v) is 7.17. The molecule has 0 spiro atoms. The van der Waals surface area contributed by atoms with E-state index in [1.54, 1.807) is 5.57 Å². The average Bonchev–Trinajstić information content (AvgIpc) is 2.55. The molecule has 0 aromatic carbocycles. The smallest absolute Gasteiger partial charge is 0.227 e. The van der Waals surface area contributed by atoms with E-state index in [1.165, 1.54) is 38.5 Å². The summed E-state index contributed by atoms with van der Waals surface area (Å²) >= 11 is 0. The van der Waals surface area contributed by atoms with Gasteiger partial charge >= 0.3 is 0 Å². The largest absolute Gasteiger partial charge is 0.370 e. The van der Waals surface area contributed by atoms with Gasteiger partial charge in [-0.05, 0) is 57.8 Å². The average molecular weight is 314 g/mol. The van der Waals surface area contributed by atoms with E-state index in [0.717, 1.165) is 49.4 Å². The van der Waals surface area contributed by atoms with Crippen molar-refractivity contribution in [2.75, 3.05) is 29.9 Å². The summed E-state index contributed by atoms with van der Waals surface area (Å²) in [5.74, 6) is 2.61. The molecule has 0 saturated carbocycles. The van der Waals surface area contributed by atoms with Gasteiger partial charge in [0.1, 0.15) is 5.82 Å². The number of nitrogens with one attached hydrogen (secondary N) is 1. The third-order valence-corrected chi connectivity index (χ3v) is 4.92. The van der Waals surface area contributed by atoms with Crippen LogP contribution in [0.4, 0.5) is 11.8 Å². The summed E-state index contributed by atoms with van der Waals surface area (Å²) in [6.07, 6.45) is 11.4. The molecule has 0 bridgehead atoms. The first-order valence-electron chi connectivity index (χ1n) is 9.23. The number of aryl methyl sites for hydroxylation is 1. The zero-order chi connectivity index (χ0) is 16.1. The number of hydrogen-bond acceptors (Lipinski definition) is 4. The van der Waals surface area contributed by atoms with E-state index in [1.807, 2.05) is 0 Å². The van der Waals surface area contributed by atoms with E-state index in [4.69, 9.17) is 4.98 Å². The van der Waals surface area contributed by atoms with E-state index >= 15 is 0 Å². The van der Waals surface area contributed by atoms with Crippen molar-refractivity contribution in [3.63, 3.8) is 0 Å². The molecule has 1 aromatic rings. The zero-order valence-corrected chi connectivity index (χ0v) is 14.6. The van der Waals surface area contributed by atoms with Crippen molar-refractivity contribution in [1.29, 1.82) is 0 Å². The summed E-state index contributed by atoms with van der Waals surface area (Å²) in [4.78, 5) is 11.8. The lowest BCUT2D eigenvalue weighted by Gasteiger charge is -2.31. The van der Waals surface area contributed by atoms with Crippen LogP contribution in [0.25, 0.3) is 0 Å². The molecule has 4 nitrogen and oxygen atoms in total. The van der Waals surface area contributed by atoms with Crippen LogP contribution in [0.3, 0.4) is 0 Å². The van der Waals surface area contributed by atoms with Crippen LogP contribution in [0, 0.1) is 12.8 Å². The first-order chi connectivity index (χ1) is 11.2. The number of rotatable bonds is 5. The second-order valence-electron chi connectivity index (χ2n) is 7.17. The Morgan fingerprint density at radius 2 is 2.17 bits per heavy atom. The minimum absolute atomic E-state index is 0.738. The van der Waals surface area contributed by atoms with Gasteiger partial charge in [-0.1, -0.05) is 18.6 Å². The summed E-state index contributed by atoms with van der Waals surface area (Å²) in [7, 11) is 0. The Balaban J connectivity index is 1.59. The van der Waals surface area contributed by atoms with Gasteiger partial charge in [0, 0.05) is 31.4 Å². The molecular formula is C19H30N4. The van der Waals surface area contributed by atoms with Crippen molar-refractivity contribution in [3.05, 3.63) is 23.4 Å². The van der Waals surface area contributed by atoms with Crippen LogP contribution >= 0.6 is 0 Å².